The van der Waals surface area contributed by atoms with Crippen molar-refractivity contribution in [2.75, 3.05) is 0 Å². The average Bonchev–Trinajstić information content (AvgIpc) is 3.09. The van der Waals surface area contributed by atoms with Crippen LogP contribution in [-0.4, -0.2) is 5.91 Å². The average molecular weight is 429 g/mol. The molecule has 3 saturated carbocycles. The van der Waals surface area contributed by atoms with Gasteiger partial charge in [-0.1, -0.05) is 65.5 Å². The van der Waals surface area contributed by atoms with Crippen LogP contribution in [0.25, 0.3) is 0 Å². The Hall–Kier alpha value is -0.830. The van der Waals surface area contributed by atoms with Crippen molar-refractivity contribution in [3.8, 4) is 0 Å². The summed E-state index contributed by atoms with van der Waals surface area (Å²) in [6.07, 6.45) is 16.9. The van der Waals surface area contributed by atoms with E-state index in [0.29, 0.717) is 10.8 Å². The molecule has 3 fully saturated rings. The molecule has 3 N–H and O–H groups in total. The third-order valence-corrected chi connectivity index (χ3v) is 10.8. The maximum absolute atomic E-state index is 12.2. The van der Waals surface area contributed by atoms with Crippen LogP contribution >= 0.6 is 0 Å². The summed E-state index contributed by atoms with van der Waals surface area (Å²) in [5.74, 6) is 10.8. The van der Waals surface area contributed by atoms with E-state index in [-0.39, 0.29) is 11.8 Å². The van der Waals surface area contributed by atoms with E-state index in [0.717, 1.165) is 54.8 Å². The molecule has 0 radical (unpaired) electrons. The molecule has 0 aromatic carbocycles. The van der Waals surface area contributed by atoms with Gasteiger partial charge in [0.1, 0.15) is 0 Å². The van der Waals surface area contributed by atoms with E-state index >= 15 is 0 Å². The van der Waals surface area contributed by atoms with Gasteiger partial charge in [0.15, 0.2) is 0 Å². The molecule has 176 valence electrons. The quantitative estimate of drug-likeness (QED) is 0.216. The van der Waals surface area contributed by atoms with E-state index in [2.05, 4.69) is 46.1 Å². The molecule has 0 spiro atoms. The number of allylic oxidation sites excluding steroid dienone is 2. The van der Waals surface area contributed by atoms with Crippen LogP contribution in [0.5, 0.6) is 0 Å². The minimum Gasteiger partial charge on any atom is -0.294 e. The summed E-state index contributed by atoms with van der Waals surface area (Å²) in [7, 11) is 0. The first kappa shape index (κ1) is 23.3. The molecule has 4 aliphatic rings. The normalized spacial score (nSPS) is 42.9. The summed E-state index contributed by atoms with van der Waals surface area (Å²) in [5.41, 5.74) is 4.85. The van der Waals surface area contributed by atoms with Crippen molar-refractivity contribution in [3.05, 3.63) is 11.6 Å². The number of hydrazine groups is 1. The van der Waals surface area contributed by atoms with Crippen molar-refractivity contribution in [2.45, 2.75) is 105 Å². The molecule has 31 heavy (non-hydrogen) atoms. The maximum Gasteiger partial charge on any atom is 0.237 e. The van der Waals surface area contributed by atoms with Crippen molar-refractivity contribution in [3.63, 3.8) is 0 Å². The lowest BCUT2D eigenvalue weighted by atomic mass is 9.46. The predicted octanol–water partition coefficient (Wildman–Crippen LogP) is 6.63. The molecule has 0 bridgehead atoms. The second kappa shape index (κ2) is 8.84. The summed E-state index contributed by atoms with van der Waals surface area (Å²) in [5, 5.41) is 0. The highest BCUT2D eigenvalue weighted by molar-refractivity contribution is 5.78. The van der Waals surface area contributed by atoms with Crippen molar-refractivity contribution in [2.24, 2.45) is 58.1 Å². The monoisotopic (exact) mass is 428 g/mol. The number of nitrogens with two attached hydrogens (primary N) is 1. The lowest BCUT2D eigenvalue weighted by molar-refractivity contribution is -0.126. The van der Waals surface area contributed by atoms with Crippen LogP contribution in [0.1, 0.15) is 105 Å². The summed E-state index contributed by atoms with van der Waals surface area (Å²) < 4.78 is 0. The van der Waals surface area contributed by atoms with Crippen molar-refractivity contribution in [1.82, 2.24) is 5.43 Å². The number of fused-ring (bicyclic) bond motifs is 5. The Morgan fingerprint density at radius 2 is 1.87 bits per heavy atom. The van der Waals surface area contributed by atoms with Gasteiger partial charge in [-0.3, -0.25) is 10.2 Å². The minimum atomic E-state index is 0.0337. The van der Waals surface area contributed by atoms with Gasteiger partial charge in [-0.25, -0.2) is 5.84 Å². The number of carbonyl (C=O) groups is 1. The topological polar surface area (TPSA) is 55.1 Å². The summed E-state index contributed by atoms with van der Waals surface area (Å²) >= 11 is 0. The molecule has 4 aliphatic carbocycles. The van der Waals surface area contributed by atoms with Crippen molar-refractivity contribution < 1.29 is 4.79 Å². The van der Waals surface area contributed by atoms with Gasteiger partial charge in [0.25, 0.3) is 0 Å². The Balaban J connectivity index is 1.48. The largest absolute Gasteiger partial charge is 0.294 e. The van der Waals surface area contributed by atoms with Gasteiger partial charge in [0, 0.05) is 5.92 Å². The molecule has 1 amide bonds. The van der Waals surface area contributed by atoms with E-state index in [4.69, 9.17) is 5.84 Å². The van der Waals surface area contributed by atoms with Gasteiger partial charge in [0.2, 0.25) is 5.91 Å². The van der Waals surface area contributed by atoms with Crippen LogP contribution in [0.2, 0.25) is 0 Å². The van der Waals surface area contributed by atoms with Crippen LogP contribution in [-0.2, 0) is 4.79 Å². The van der Waals surface area contributed by atoms with Crippen LogP contribution in [0.15, 0.2) is 11.6 Å². The molecule has 0 aromatic rings. The Kier molecular flexibility index (Phi) is 6.65. The Bertz CT molecular complexity index is 699. The molecule has 0 saturated heterocycles. The second-order valence-corrected chi connectivity index (χ2v) is 12.7. The fourth-order valence-electron chi connectivity index (χ4n) is 9.03. The SMILES string of the molecule is CC(C)CCC[C@@H](C)[C@H]1CC[C@H]2[C@@H]3CC=C4C[C@H](C(=O)NN)CC[C@]4(C)[C@H]3CC[C@]12C. The molecular formula is C28H48N2O. The van der Waals surface area contributed by atoms with Crippen molar-refractivity contribution in [1.29, 1.82) is 0 Å². The highest BCUT2D eigenvalue weighted by atomic mass is 16.2. The first-order valence-corrected chi connectivity index (χ1v) is 13.4. The van der Waals surface area contributed by atoms with E-state index < -0.39 is 0 Å². The predicted molar refractivity (Wildman–Crippen MR) is 129 cm³/mol. The number of hydrogen-bond acceptors (Lipinski definition) is 2. The summed E-state index contributed by atoms with van der Waals surface area (Å²) in [6.45, 7) is 12.5. The number of rotatable bonds is 6. The zero-order valence-electron chi connectivity index (χ0n) is 20.9. The highest BCUT2D eigenvalue weighted by Gasteiger charge is 2.59. The minimum absolute atomic E-state index is 0.0337. The zero-order valence-corrected chi connectivity index (χ0v) is 20.9. The number of amides is 1. The van der Waals surface area contributed by atoms with E-state index in [1.54, 1.807) is 5.57 Å². The molecule has 4 rings (SSSR count). The maximum atomic E-state index is 12.2. The molecule has 0 heterocycles. The standard InChI is InChI=1S/C28H48N2O/c1-18(2)7-6-8-19(3)23-11-12-24-22-10-9-21-17-20(26(31)30-29)13-15-27(21,4)25(22)14-16-28(23,24)5/h9,18-20,22-25H,6-8,10-17,29H2,1-5H3,(H,30,31)/t19-,20-,22+,23-,24+,25+,27+,28-/m1/s1. The van der Waals surface area contributed by atoms with E-state index in [1.807, 2.05) is 0 Å². The number of carbonyl (C=O) groups excluding carboxylic acids is 1. The van der Waals surface area contributed by atoms with Gasteiger partial charge in [-0.15, -0.1) is 0 Å². The van der Waals surface area contributed by atoms with Crippen LogP contribution < -0.4 is 11.3 Å². The zero-order chi connectivity index (χ0) is 22.4. The van der Waals surface area contributed by atoms with Crippen LogP contribution in [0, 0.1) is 52.3 Å². The Labute approximate surface area is 191 Å². The van der Waals surface area contributed by atoms with Gasteiger partial charge >= 0.3 is 0 Å². The lowest BCUT2D eigenvalue weighted by Gasteiger charge is -2.58. The Morgan fingerprint density at radius 1 is 1.10 bits per heavy atom. The second-order valence-electron chi connectivity index (χ2n) is 12.7. The highest BCUT2D eigenvalue weighted by Crippen LogP contribution is 2.67. The van der Waals surface area contributed by atoms with E-state index in [9.17, 15) is 4.79 Å². The molecule has 0 aliphatic heterocycles. The van der Waals surface area contributed by atoms with Gasteiger partial charge < -0.3 is 0 Å². The lowest BCUT2D eigenvalue weighted by Crippen LogP contribution is -2.51. The van der Waals surface area contributed by atoms with E-state index in [1.165, 1.54) is 51.4 Å². The molecular weight excluding hydrogens is 380 g/mol. The first-order chi connectivity index (χ1) is 14.7. The van der Waals surface area contributed by atoms with Gasteiger partial charge in [-0.05, 0) is 97.7 Å². The molecule has 0 aromatic heterocycles. The van der Waals surface area contributed by atoms with Crippen molar-refractivity contribution >= 4 is 5.91 Å². The fraction of sp³-hybridized carbons (Fsp3) is 0.893. The third-order valence-electron chi connectivity index (χ3n) is 10.8. The fourth-order valence-corrected chi connectivity index (χ4v) is 9.03. The summed E-state index contributed by atoms with van der Waals surface area (Å²) in [6, 6.07) is 0. The molecule has 0 unspecified atom stereocenters. The Morgan fingerprint density at radius 3 is 2.58 bits per heavy atom. The first-order valence-electron chi connectivity index (χ1n) is 13.4. The third kappa shape index (κ3) is 4.02. The number of hydrogen-bond donors (Lipinski definition) is 2. The molecule has 8 atom stereocenters. The van der Waals surface area contributed by atoms with Gasteiger partial charge in [0.05, 0.1) is 0 Å². The van der Waals surface area contributed by atoms with Crippen LogP contribution in [0.3, 0.4) is 0 Å². The molecule has 3 heteroatoms. The molecule has 3 nitrogen and oxygen atoms in total. The van der Waals surface area contributed by atoms with Gasteiger partial charge in [-0.2, -0.15) is 0 Å². The smallest absolute Gasteiger partial charge is 0.237 e. The van der Waals surface area contributed by atoms with Crippen LogP contribution in [0.4, 0.5) is 0 Å². The summed E-state index contributed by atoms with van der Waals surface area (Å²) in [4.78, 5) is 12.2. The number of nitrogens with one attached hydrogen (secondary N) is 1.